The van der Waals surface area contributed by atoms with E-state index in [0.717, 1.165) is 5.56 Å². The van der Waals surface area contributed by atoms with Crippen molar-refractivity contribution in [2.75, 3.05) is 20.0 Å². The van der Waals surface area contributed by atoms with Gasteiger partial charge in [0.2, 0.25) is 0 Å². The van der Waals surface area contributed by atoms with Crippen LogP contribution in [0.1, 0.15) is 29.8 Å². The molecule has 0 aliphatic carbocycles. The predicted molar refractivity (Wildman–Crippen MR) is 64.8 cm³/mol. The third kappa shape index (κ3) is 3.15. The van der Waals surface area contributed by atoms with E-state index in [9.17, 15) is 4.79 Å². The number of nitrogens with two attached hydrogens (primary N) is 1. The smallest absolute Gasteiger partial charge is 0.337 e. The molecule has 0 spiro atoms. The summed E-state index contributed by atoms with van der Waals surface area (Å²) in [6.07, 6.45) is 0. The molecule has 16 heavy (non-hydrogen) atoms. The molecule has 0 heterocycles. The molecular formula is C12H19NO3. The van der Waals surface area contributed by atoms with Crippen LogP contribution in [-0.4, -0.2) is 20.2 Å². The molecule has 1 rings (SSSR count). The first kappa shape index (κ1) is 14.3. The van der Waals surface area contributed by atoms with Crippen LogP contribution in [0.2, 0.25) is 0 Å². The average Bonchev–Trinajstić information content (AvgIpc) is 2.34. The SMILES string of the molecule is CC.COC(=O)c1cc(C)c(N)c(OC)c1. The molecule has 0 aliphatic rings. The first-order valence-electron chi connectivity index (χ1n) is 5.12. The predicted octanol–water partition coefficient (Wildman–Crippen LogP) is 2.40. The van der Waals surface area contributed by atoms with E-state index in [1.54, 1.807) is 12.1 Å². The van der Waals surface area contributed by atoms with Gasteiger partial charge < -0.3 is 15.2 Å². The highest BCUT2D eigenvalue weighted by Crippen LogP contribution is 2.26. The minimum absolute atomic E-state index is 0.397. The van der Waals surface area contributed by atoms with Crippen molar-refractivity contribution in [1.29, 1.82) is 0 Å². The van der Waals surface area contributed by atoms with Crippen LogP contribution in [0.4, 0.5) is 5.69 Å². The summed E-state index contributed by atoms with van der Waals surface area (Å²) < 4.78 is 9.62. The zero-order valence-corrected chi connectivity index (χ0v) is 10.5. The fourth-order valence-corrected chi connectivity index (χ4v) is 1.17. The Hall–Kier alpha value is -1.71. The number of aryl methyl sites for hydroxylation is 1. The number of hydrogen-bond acceptors (Lipinski definition) is 4. The van der Waals surface area contributed by atoms with Crippen molar-refractivity contribution >= 4 is 11.7 Å². The molecule has 0 bridgehead atoms. The Balaban J connectivity index is 0.00000106. The molecule has 1 aromatic carbocycles. The molecule has 2 N–H and O–H groups in total. The number of benzene rings is 1. The number of rotatable bonds is 2. The van der Waals surface area contributed by atoms with Crippen molar-refractivity contribution in [1.82, 2.24) is 0 Å². The summed E-state index contributed by atoms with van der Waals surface area (Å²) in [5.74, 6) is 0.0943. The van der Waals surface area contributed by atoms with Crippen LogP contribution in [0.3, 0.4) is 0 Å². The van der Waals surface area contributed by atoms with Crippen LogP contribution in [0.15, 0.2) is 12.1 Å². The molecule has 0 fully saturated rings. The van der Waals surface area contributed by atoms with Gasteiger partial charge in [-0.25, -0.2) is 4.79 Å². The van der Waals surface area contributed by atoms with Gasteiger partial charge in [0, 0.05) is 0 Å². The van der Waals surface area contributed by atoms with Gasteiger partial charge in [-0.1, -0.05) is 13.8 Å². The Morgan fingerprint density at radius 3 is 2.25 bits per heavy atom. The van der Waals surface area contributed by atoms with Crippen LogP contribution in [0.25, 0.3) is 0 Å². The zero-order chi connectivity index (χ0) is 12.7. The molecule has 0 radical (unpaired) electrons. The van der Waals surface area contributed by atoms with Gasteiger partial charge in [-0.3, -0.25) is 0 Å². The summed E-state index contributed by atoms with van der Waals surface area (Å²) in [6.45, 7) is 5.81. The molecule has 0 aliphatic heterocycles. The fraction of sp³-hybridized carbons (Fsp3) is 0.417. The number of ether oxygens (including phenoxy) is 2. The Morgan fingerprint density at radius 2 is 1.81 bits per heavy atom. The summed E-state index contributed by atoms with van der Waals surface area (Å²) in [5.41, 5.74) is 7.51. The van der Waals surface area contributed by atoms with Gasteiger partial charge in [-0.2, -0.15) is 0 Å². The molecule has 90 valence electrons. The Bertz CT molecular complexity index is 362. The maximum absolute atomic E-state index is 11.2. The van der Waals surface area contributed by atoms with E-state index in [1.165, 1.54) is 14.2 Å². The standard InChI is InChI=1S/C10H13NO3.C2H6/c1-6-4-7(10(12)14-3)5-8(13-2)9(6)11;1-2/h4-5H,11H2,1-3H3;1-2H3. The Kier molecular flexibility index (Phi) is 6.00. The van der Waals surface area contributed by atoms with E-state index < -0.39 is 5.97 Å². The molecule has 0 unspecified atom stereocenters. The molecule has 0 saturated carbocycles. The number of anilines is 1. The molecule has 0 amide bonds. The third-order valence-electron chi connectivity index (χ3n) is 1.99. The lowest BCUT2D eigenvalue weighted by molar-refractivity contribution is 0.0600. The molecule has 0 saturated heterocycles. The monoisotopic (exact) mass is 225 g/mol. The Labute approximate surface area is 96.4 Å². The minimum Gasteiger partial charge on any atom is -0.495 e. The highest BCUT2D eigenvalue weighted by atomic mass is 16.5. The average molecular weight is 225 g/mol. The van der Waals surface area contributed by atoms with Crippen molar-refractivity contribution in [3.05, 3.63) is 23.3 Å². The lowest BCUT2D eigenvalue weighted by Gasteiger charge is -2.09. The maximum Gasteiger partial charge on any atom is 0.337 e. The van der Waals surface area contributed by atoms with Crippen LogP contribution in [-0.2, 0) is 4.74 Å². The van der Waals surface area contributed by atoms with Gasteiger partial charge in [0.1, 0.15) is 5.75 Å². The highest BCUT2D eigenvalue weighted by molar-refractivity contribution is 5.91. The molecule has 0 atom stereocenters. The van der Waals surface area contributed by atoms with Gasteiger partial charge in [0.15, 0.2) is 0 Å². The first-order chi connectivity index (χ1) is 7.60. The van der Waals surface area contributed by atoms with Gasteiger partial charge in [0.05, 0.1) is 25.5 Å². The van der Waals surface area contributed by atoms with Gasteiger partial charge in [-0.15, -0.1) is 0 Å². The lowest BCUT2D eigenvalue weighted by atomic mass is 10.1. The van der Waals surface area contributed by atoms with Crippen LogP contribution in [0, 0.1) is 6.92 Å². The van der Waals surface area contributed by atoms with E-state index in [4.69, 9.17) is 10.5 Å². The molecule has 4 nitrogen and oxygen atoms in total. The maximum atomic E-state index is 11.2. The largest absolute Gasteiger partial charge is 0.495 e. The second kappa shape index (κ2) is 6.71. The number of esters is 1. The number of carbonyl (C=O) groups excluding carboxylic acids is 1. The second-order valence-corrected chi connectivity index (χ2v) is 2.90. The first-order valence-corrected chi connectivity index (χ1v) is 5.12. The summed E-state index contributed by atoms with van der Waals surface area (Å²) in [6, 6.07) is 3.23. The number of carbonyl (C=O) groups is 1. The number of methoxy groups -OCH3 is 2. The normalized spacial score (nSPS) is 8.81. The summed E-state index contributed by atoms with van der Waals surface area (Å²) in [5, 5.41) is 0. The van der Waals surface area contributed by atoms with Gasteiger partial charge in [-0.05, 0) is 24.6 Å². The topological polar surface area (TPSA) is 61.5 Å². The summed E-state index contributed by atoms with van der Waals surface area (Å²) in [4.78, 5) is 11.2. The van der Waals surface area contributed by atoms with Crippen LogP contribution < -0.4 is 10.5 Å². The second-order valence-electron chi connectivity index (χ2n) is 2.90. The zero-order valence-electron chi connectivity index (χ0n) is 10.5. The highest BCUT2D eigenvalue weighted by Gasteiger charge is 2.11. The lowest BCUT2D eigenvalue weighted by Crippen LogP contribution is -2.04. The van der Waals surface area contributed by atoms with Crippen molar-refractivity contribution in [2.24, 2.45) is 0 Å². The van der Waals surface area contributed by atoms with Crippen molar-refractivity contribution in [2.45, 2.75) is 20.8 Å². The van der Waals surface area contributed by atoms with E-state index in [-0.39, 0.29) is 0 Å². The van der Waals surface area contributed by atoms with E-state index >= 15 is 0 Å². The Morgan fingerprint density at radius 1 is 1.25 bits per heavy atom. The fourth-order valence-electron chi connectivity index (χ4n) is 1.17. The van der Waals surface area contributed by atoms with Crippen molar-refractivity contribution in [3.63, 3.8) is 0 Å². The van der Waals surface area contributed by atoms with Crippen LogP contribution >= 0.6 is 0 Å². The number of hydrogen-bond donors (Lipinski definition) is 1. The van der Waals surface area contributed by atoms with Gasteiger partial charge >= 0.3 is 5.97 Å². The van der Waals surface area contributed by atoms with Crippen molar-refractivity contribution < 1.29 is 14.3 Å². The molecule has 4 heteroatoms. The minimum atomic E-state index is -0.397. The quantitative estimate of drug-likeness (QED) is 0.620. The number of nitrogen functional groups attached to an aromatic ring is 1. The van der Waals surface area contributed by atoms with E-state index in [2.05, 4.69) is 4.74 Å². The van der Waals surface area contributed by atoms with E-state index in [1.807, 2.05) is 20.8 Å². The van der Waals surface area contributed by atoms with Gasteiger partial charge in [0.25, 0.3) is 0 Å². The van der Waals surface area contributed by atoms with Crippen molar-refractivity contribution in [3.8, 4) is 5.75 Å². The summed E-state index contributed by atoms with van der Waals surface area (Å²) >= 11 is 0. The van der Waals surface area contributed by atoms with E-state index in [0.29, 0.717) is 17.0 Å². The van der Waals surface area contributed by atoms with Crippen LogP contribution in [0.5, 0.6) is 5.75 Å². The molecular weight excluding hydrogens is 206 g/mol. The molecule has 1 aromatic rings. The third-order valence-corrected chi connectivity index (χ3v) is 1.99. The molecule has 0 aromatic heterocycles. The summed E-state index contributed by atoms with van der Waals surface area (Å²) in [7, 11) is 2.84.